The van der Waals surface area contributed by atoms with Gasteiger partial charge in [0.2, 0.25) is 5.91 Å². The second kappa shape index (κ2) is 11.9. The highest BCUT2D eigenvalue weighted by molar-refractivity contribution is 5.80. The third-order valence-corrected chi connectivity index (χ3v) is 5.71. The van der Waals surface area contributed by atoms with Crippen molar-refractivity contribution in [2.75, 3.05) is 58.9 Å². The lowest BCUT2D eigenvalue weighted by Gasteiger charge is -2.37. The molecule has 7 heteroatoms. The lowest BCUT2D eigenvalue weighted by molar-refractivity contribution is -0.132. The number of nitrogens with one attached hydrogen (secondary N) is 1. The van der Waals surface area contributed by atoms with Crippen LogP contribution in [0.4, 0.5) is 0 Å². The number of carbonyl (C=O) groups is 1. The predicted octanol–water partition coefficient (Wildman–Crippen LogP) is 2.20. The minimum atomic E-state index is 0.303. The van der Waals surface area contributed by atoms with Crippen molar-refractivity contribution in [1.29, 1.82) is 0 Å². The van der Waals surface area contributed by atoms with E-state index in [2.05, 4.69) is 26.9 Å². The molecule has 0 aromatic carbocycles. The van der Waals surface area contributed by atoms with Crippen LogP contribution in [0.15, 0.2) is 27.8 Å². The number of likely N-dealkylation sites (tertiary alicyclic amines) is 1. The summed E-state index contributed by atoms with van der Waals surface area (Å²) >= 11 is 0. The van der Waals surface area contributed by atoms with Crippen molar-refractivity contribution in [3.05, 3.63) is 24.2 Å². The van der Waals surface area contributed by atoms with Crippen molar-refractivity contribution in [3.8, 4) is 0 Å². The van der Waals surface area contributed by atoms with Crippen LogP contribution in [0.5, 0.6) is 0 Å². The van der Waals surface area contributed by atoms with Crippen molar-refractivity contribution in [3.63, 3.8) is 0 Å². The summed E-state index contributed by atoms with van der Waals surface area (Å²) in [6.07, 6.45) is 8.43. The lowest BCUT2D eigenvalue weighted by Crippen LogP contribution is -2.54. The molecule has 2 aliphatic rings. The molecule has 2 saturated heterocycles. The van der Waals surface area contributed by atoms with Crippen molar-refractivity contribution < 1.29 is 9.21 Å². The van der Waals surface area contributed by atoms with E-state index >= 15 is 0 Å². The molecule has 2 fully saturated rings. The minimum absolute atomic E-state index is 0.303. The highest BCUT2D eigenvalue weighted by atomic mass is 16.3. The SMILES string of the molecule is CCCN=C(NCCc1ccco1)N1CCN(CC(=O)N2CCCCCC2)CC1. The van der Waals surface area contributed by atoms with Gasteiger partial charge in [-0.1, -0.05) is 19.8 Å². The number of amides is 1. The topological polar surface area (TPSA) is 64.3 Å². The number of aliphatic imine (C=N–C) groups is 1. The molecule has 3 heterocycles. The molecule has 0 unspecified atom stereocenters. The third-order valence-electron chi connectivity index (χ3n) is 5.71. The van der Waals surface area contributed by atoms with Crippen LogP contribution in [-0.4, -0.2) is 85.5 Å². The first-order chi connectivity index (χ1) is 14.3. The van der Waals surface area contributed by atoms with E-state index in [0.29, 0.717) is 12.5 Å². The molecule has 0 spiro atoms. The Morgan fingerprint density at radius 3 is 2.48 bits per heavy atom. The molecular formula is C22H37N5O2. The van der Waals surface area contributed by atoms with Crippen LogP contribution in [0.25, 0.3) is 0 Å². The molecule has 29 heavy (non-hydrogen) atoms. The maximum atomic E-state index is 12.7. The number of furan rings is 1. The largest absolute Gasteiger partial charge is 0.469 e. The predicted molar refractivity (Wildman–Crippen MR) is 116 cm³/mol. The molecule has 0 bridgehead atoms. The van der Waals surface area contributed by atoms with Gasteiger partial charge in [-0.2, -0.15) is 0 Å². The van der Waals surface area contributed by atoms with Crippen LogP contribution in [0.1, 0.15) is 44.8 Å². The molecule has 3 rings (SSSR count). The highest BCUT2D eigenvalue weighted by Crippen LogP contribution is 2.11. The van der Waals surface area contributed by atoms with Gasteiger partial charge in [-0.25, -0.2) is 0 Å². The third kappa shape index (κ3) is 7.07. The summed E-state index contributed by atoms with van der Waals surface area (Å²) in [6, 6.07) is 3.93. The first-order valence-corrected chi connectivity index (χ1v) is 11.3. The maximum Gasteiger partial charge on any atom is 0.236 e. The van der Waals surface area contributed by atoms with Crippen LogP contribution in [0.3, 0.4) is 0 Å². The molecule has 7 nitrogen and oxygen atoms in total. The zero-order valence-electron chi connectivity index (χ0n) is 17.9. The summed E-state index contributed by atoms with van der Waals surface area (Å²) in [4.78, 5) is 24.1. The van der Waals surface area contributed by atoms with Gasteiger partial charge < -0.3 is 19.5 Å². The summed E-state index contributed by atoms with van der Waals surface area (Å²) in [6.45, 7) is 9.85. The van der Waals surface area contributed by atoms with Crippen LogP contribution in [0.2, 0.25) is 0 Å². The van der Waals surface area contributed by atoms with E-state index in [4.69, 9.17) is 9.41 Å². The van der Waals surface area contributed by atoms with E-state index in [1.807, 2.05) is 12.1 Å². The van der Waals surface area contributed by atoms with E-state index in [0.717, 1.165) is 89.8 Å². The molecule has 2 aliphatic heterocycles. The summed E-state index contributed by atoms with van der Waals surface area (Å²) in [5.41, 5.74) is 0. The van der Waals surface area contributed by atoms with Crippen LogP contribution in [-0.2, 0) is 11.2 Å². The van der Waals surface area contributed by atoms with Gasteiger partial charge in [-0.05, 0) is 31.4 Å². The summed E-state index contributed by atoms with van der Waals surface area (Å²) in [5.74, 6) is 2.28. The monoisotopic (exact) mass is 403 g/mol. The average molecular weight is 404 g/mol. The van der Waals surface area contributed by atoms with Crippen molar-refractivity contribution in [1.82, 2.24) is 20.0 Å². The fourth-order valence-corrected chi connectivity index (χ4v) is 3.97. The molecule has 162 valence electrons. The molecule has 0 atom stereocenters. The first kappa shape index (κ1) is 21.7. The highest BCUT2D eigenvalue weighted by Gasteiger charge is 2.23. The number of hydrogen-bond acceptors (Lipinski definition) is 4. The molecule has 0 radical (unpaired) electrons. The summed E-state index contributed by atoms with van der Waals surface area (Å²) in [7, 11) is 0. The average Bonchev–Trinajstić information content (AvgIpc) is 3.10. The van der Waals surface area contributed by atoms with E-state index in [9.17, 15) is 4.79 Å². The fourth-order valence-electron chi connectivity index (χ4n) is 3.97. The molecule has 1 aromatic heterocycles. The number of hydrogen-bond donors (Lipinski definition) is 1. The molecule has 1 amide bonds. The van der Waals surface area contributed by atoms with Gasteiger partial charge in [0, 0.05) is 58.8 Å². The lowest BCUT2D eigenvalue weighted by atomic mass is 10.2. The van der Waals surface area contributed by atoms with Gasteiger partial charge in [-0.3, -0.25) is 14.7 Å². The maximum absolute atomic E-state index is 12.7. The quantitative estimate of drug-likeness (QED) is 0.559. The van der Waals surface area contributed by atoms with Gasteiger partial charge in [0.15, 0.2) is 5.96 Å². The Morgan fingerprint density at radius 1 is 1.07 bits per heavy atom. The fraction of sp³-hybridized carbons (Fsp3) is 0.727. The Hall–Kier alpha value is -2.02. The number of guanidine groups is 1. The summed E-state index contributed by atoms with van der Waals surface area (Å²) < 4.78 is 5.41. The second-order valence-corrected chi connectivity index (χ2v) is 8.02. The zero-order chi connectivity index (χ0) is 20.3. The van der Waals surface area contributed by atoms with E-state index in [1.165, 1.54) is 12.8 Å². The number of rotatable bonds is 7. The van der Waals surface area contributed by atoms with Crippen LogP contribution < -0.4 is 5.32 Å². The smallest absolute Gasteiger partial charge is 0.236 e. The zero-order valence-corrected chi connectivity index (χ0v) is 17.9. The van der Waals surface area contributed by atoms with Crippen molar-refractivity contribution >= 4 is 11.9 Å². The number of nitrogens with zero attached hydrogens (tertiary/aromatic N) is 4. The Kier molecular flexibility index (Phi) is 8.86. The van der Waals surface area contributed by atoms with E-state index < -0.39 is 0 Å². The van der Waals surface area contributed by atoms with Gasteiger partial charge in [0.05, 0.1) is 12.8 Å². The Bertz CT molecular complexity index is 615. The number of carbonyl (C=O) groups excluding carboxylic acids is 1. The Balaban J connectivity index is 1.44. The molecule has 1 N–H and O–H groups in total. The molecule has 0 aliphatic carbocycles. The van der Waals surface area contributed by atoms with Crippen LogP contribution >= 0.6 is 0 Å². The Morgan fingerprint density at radius 2 is 1.83 bits per heavy atom. The second-order valence-electron chi connectivity index (χ2n) is 8.02. The molecular weight excluding hydrogens is 366 g/mol. The minimum Gasteiger partial charge on any atom is -0.469 e. The Labute approximate surface area is 175 Å². The molecule has 1 aromatic rings. The molecule has 0 saturated carbocycles. The van der Waals surface area contributed by atoms with Crippen LogP contribution in [0, 0.1) is 0 Å². The first-order valence-electron chi connectivity index (χ1n) is 11.3. The number of piperazine rings is 1. The van der Waals surface area contributed by atoms with Gasteiger partial charge in [0.25, 0.3) is 0 Å². The summed E-state index contributed by atoms with van der Waals surface area (Å²) in [5, 5.41) is 3.50. The van der Waals surface area contributed by atoms with Crippen molar-refractivity contribution in [2.24, 2.45) is 4.99 Å². The van der Waals surface area contributed by atoms with Gasteiger partial charge in [-0.15, -0.1) is 0 Å². The van der Waals surface area contributed by atoms with Gasteiger partial charge in [0.1, 0.15) is 5.76 Å². The van der Waals surface area contributed by atoms with E-state index in [-0.39, 0.29) is 0 Å². The van der Waals surface area contributed by atoms with Gasteiger partial charge >= 0.3 is 0 Å². The standard InChI is InChI=1S/C22H37N5O2/c1-2-10-23-22(24-11-9-20-8-7-18-29-20)27-16-14-25(15-17-27)19-21(28)26-12-5-3-4-6-13-26/h7-8,18H,2-6,9-17,19H2,1H3,(H,23,24). The van der Waals surface area contributed by atoms with Crippen molar-refractivity contribution in [2.45, 2.75) is 45.4 Å². The normalized spacial score (nSPS) is 19.3. The van der Waals surface area contributed by atoms with E-state index in [1.54, 1.807) is 6.26 Å².